The van der Waals surface area contributed by atoms with E-state index in [0.717, 1.165) is 22.7 Å². The van der Waals surface area contributed by atoms with Crippen molar-refractivity contribution in [3.05, 3.63) is 106 Å². The van der Waals surface area contributed by atoms with Crippen molar-refractivity contribution in [1.82, 2.24) is 20.1 Å². The molecule has 0 aliphatic carbocycles. The van der Waals surface area contributed by atoms with Crippen LogP contribution >= 0.6 is 0 Å². The average Bonchev–Trinajstić information content (AvgIpc) is 2.84. The van der Waals surface area contributed by atoms with E-state index in [1.165, 1.54) is 30.3 Å². The van der Waals surface area contributed by atoms with Crippen molar-refractivity contribution in [2.45, 2.75) is 25.8 Å². The fourth-order valence-corrected chi connectivity index (χ4v) is 3.61. The number of nitrogens with one attached hydrogen (secondary N) is 1. The summed E-state index contributed by atoms with van der Waals surface area (Å²) in [6.45, 7) is 2.43. The van der Waals surface area contributed by atoms with Crippen LogP contribution in [-0.4, -0.2) is 20.7 Å². The highest BCUT2D eigenvalue weighted by atomic mass is 19.3. The number of alkyl halides is 2. The molecule has 0 aliphatic rings. The van der Waals surface area contributed by atoms with Crippen LogP contribution < -0.4 is 16.6 Å². The summed E-state index contributed by atoms with van der Waals surface area (Å²) < 4.78 is 28.7. The quantitative estimate of drug-likeness (QED) is 0.400. The summed E-state index contributed by atoms with van der Waals surface area (Å²) in [6, 6.07) is 16.8. The molecule has 0 radical (unpaired) electrons. The Hall–Kier alpha value is -4.40. The van der Waals surface area contributed by atoms with E-state index in [9.17, 15) is 18.4 Å². The summed E-state index contributed by atoms with van der Waals surface area (Å²) in [5, 5.41) is 6.96. The van der Waals surface area contributed by atoms with E-state index in [0.29, 0.717) is 11.3 Å². The molecular formula is C26H23F2N5O2. The van der Waals surface area contributed by atoms with Crippen LogP contribution in [0.25, 0.3) is 16.8 Å². The molecule has 7 nitrogen and oxygen atoms in total. The molecule has 9 heteroatoms. The maximum absolute atomic E-state index is 13.8. The maximum Gasteiger partial charge on any atom is 0.272 e. The second-order valence-electron chi connectivity index (χ2n) is 8.23. The number of carbonyl (C=O) groups excluding carboxylic acids is 1. The smallest absolute Gasteiger partial charge is 0.272 e. The Balaban J connectivity index is 1.61. The Morgan fingerprint density at radius 1 is 1.03 bits per heavy atom. The number of amides is 1. The monoisotopic (exact) mass is 475 g/mol. The lowest BCUT2D eigenvalue weighted by atomic mass is 10.0. The number of pyridine rings is 1. The molecule has 0 saturated carbocycles. The highest BCUT2D eigenvalue weighted by Crippen LogP contribution is 2.31. The fraction of sp³-hybridized carbons (Fsp3) is 0.154. The summed E-state index contributed by atoms with van der Waals surface area (Å²) in [4.78, 5) is 29.4. The van der Waals surface area contributed by atoms with Gasteiger partial charge in [0.15, 0.2) is 0 Å². The van der Waals surface area contributed by atoms with E-state index < -0.39 is 23.4 Å². The standard InChI is InChI=1S/C26H23F2N5O2/c1-16(19-12-20(26(2,27)28)15-21(29)13-19)31-25(35)23-6-7-24(34)33(32-23)22-5-3-4-18(14-22)17-8-10-30-11-9-17/h3-16H,29H2,1-2H3,(H,31,35)/t16-/m1/s1. The summed E-state index contributed by atoms with van der Waals surface area (Å²) in [6.07, 6.45) is 3.34. The first kappa shape index (κ1) is 23.7. The van der Waals surface area contributed by atoms with Crippen molar-refractivity contribution in [2.75, 3.05) is 5.73 Å². The number of anilines is 1. The lowest BCUT2D eigenvalue weighted by Gasteiger charge is -2.18. The van der Waals surface area contributed by atoms with E-state index in [4.69, 9.17) is 5.73 Å². The highest BCUT2D eigenvalue weighted by molar-refractivity contribution is 5.92. The number of benzene rings is 2. The number of nitrogen functional groups attached to an aromatic ring is 1. The second-order valence-corrected chi connectivity index (χ2v) is 8.23. The van der Waals surface area contributed by atoms with Crippen LogP contribution in [0, 0.1) is 0 Å². The molecule has 0 spiro atoms. The number of nitrogens with zero attached hydrogens (tertiary/aromatic N) is 3. The van der Waals surface area contributed by atoms with Crippen molar-refractivity contribution in [2.24, 2.45) is 0 Å². The van der Waals surface area contributed by atoms with Crippen LogP contribution in [0.3, 0.4) is 0 Å². The van der Waals surface area contributed by atoms with Gasteiger partial charge in [0.25, 0.3) is 17.4 Å². The van der Waals surface area contributed by atoms with Gasteiger partial charge in [0, 0.05) is 36.6 Å². The van der Waals surface area contributed by atoms with Gasteiger partial charge in [0.05, 0.1) is 11.7 Å². The fourth-order valence-electron chi connectivity index (χ4n) is 3.61. The summed E-state index contributed by atoms with van der Waals surface area (Å²) in [5.74, 6) is -3.64. The van der Waals surface area contributed by atoms with Gasteiger partial charge in [-0.2, -0.15) is 9.78 Å². The van der Waals surface area contributed by atoms with E-state index in [1.807, 2.05) is 18.2 Å². The van der Waals surface area contributed by atoms with Crippen LogP contribution in [0.4, 0.5) is 14.5 Å². The molecular weight excluding hydrogens is 452 g/mol. The first-order valence-corrected chi connectivity index (χ1v) is 10.8. The third-order valence-corrected chi connectivity index (χ3v) is 5.47. The number of aromatic nitrogens is 3. The summed E-state index contributed by atoms with van der Waals surface area (Å²) in [5.41, 5.74) is 7.98. The lowest BCUT2D eigenvalue weighted by molar-refractivity contribution is 0.0174. The van der Waals surface area contributed by atoms with Gasteiger partial charge in [0.1, 0.15) is 5.69 Å². The zero-order valence-corrected chi connectivity index (χ0v) is 19.1. The van der Waals surface area contributed by atoms with Crippen molar-refractivity contribution in [1.29, 1.82) is 0 Å². The minimum absolute atomic E-state index is 0.00397. The molecule has 0 unspecified atom stereocenters. The van der Waals surface area contributed by atoms with E-state index in [2.05, 4.69) is 15.4 Å². The molecule has 0 saturated heterocycles. The zero-order chi connectivity index (χ0) is 25.2. The van der Waals surface area contributed by atoms with Gasteiger partial charge >= 0.3 is 0 Å². The van der Waals surface area contributed by atoms with Gasteiger partial charge in [-0.3, -0.25) is 14.6 Å². The van der Waals surface area contributed by atoms with E-state index in [-0.39, 0.29) is 16.9 Å². The van der Waals surface area contributed by atoms with Gasteiger partial charge in [-0.05, 0) is 72.1 Å². The third kappa shape index (κ3) is 5.40. The van der Waals surface area contributed by atoms with Crippen LogP contribution in [0.2, 0.25) is 0 Å². The molecule has 4 rings (SSSR count). The first-order chi connectivity index (χ1) is 16.6. The molecule has 0 aliphatic heterocycles. The maximum atomic E-state index is 13.8. The van der Waals surface area contributed by atoms with Gasteiger partial charge in [0.2, 0.25) is 0 Å². The van der Waals surface area contributed by atoms with Crippen molar-refractivity contribution >= 4 is 11.6 Å². The molecule has 0 fully saturated rings. The zero-order valence-electron chi connectivity index (χ0n) is 19.1. The molecule has 3 N–H and O–H groups in total. The average molecular weight is 475 g/mol. The Morgan fingerprint density at radius 2 is 1.77 bits per heavy atom. The van der Waals surface area contributed by atoms with Crippen molar-refractivity contribution in [3.8, 4) is 16.8 Å². The molecule has 35 heavy (non-hydrogen) atoms. The predicted molar refractivity (Wildman–Crippen MR) is 129 cm³/mol. The minimum atomic E-state index is -3.07. The molecule has 0 bridgehead atoms. The largest absolute Gasteiger partial charge is 0.399 e. The molecule has 2 aromatic carbocycles. The molecule has 2 heterocycles. The van der Waals surface area contributed by atoms with Crippen LogP contribution in [0.1, 0.15) is 41.5 Å². The number of rotatable bonds is 6. The first-order valence-electron chi connectivity index (χ1n) is 10.8. The van der Waals surface area contributed by atoms with E-state index in [1.54, 1.807) is 37.5 Å². The normalized spacial score (nSPS) is 12.2. The van der Waals surface area contributed by atoms with Crippen molar-refractivity contribution in [3.63, 3.8) is 0 Å². The predicted octanol–water partition coefficient (Wildman–Crippen LogP) is 4.48. The van der Waals surface area contributed by atoms with E-state index >= 15 is 0 Å². The molecule has 1 atom stereocenters. The Bertz CT molecular complexity index is 1430. The SMILES string of the molecule is C[C@@H](NC(=O)c1ccc(=O)n(-c2cccc(-c3ccncc3)c2)n1)c1cc(N)cc(C(C)(F)F)c1. The molecule has 2 aromatic heterocycles. The lowest BCUT2D eigenvalue weighted by Crippen LogP contribution is -2.31. The molecule has 178 valence electrons. The van der Waals surface area contributed by atoms with Gasteiger partial charge in [-0.1, -0.05) is 12.1 Å². The van der Waals surface area contributed by atoms with Gasteiger partial charge < -0.3 is 11.1 Å². The Kier molecular flexibility index (Phi) is 6.42. The number of hydrogen-bond donors (Lipinski definition) is 2. The number of carbonyl (C=O) groups is 1. The van der Waals surface area contributed by atoms with Gasteiger partial charge in [-0.15, -0.1) is 0 Å². The second kappa shape index (κ2) is 9.46. The van der Waals surface area contributed by atoms with Crippen LogP contribution in [0.5, 0.6) is 0 Å². The Morgan fingerprint density at radius 3 is 2.49 bits per heavy atom. The Labute approximate surface area is 200 Å². The topological polar surface area (TPSA) is 103 Å². The molecule has 4 aromatic rings. The summed E-state index contributed by atoms with van der Waals surface area (Å²) in [7, 11) is 0. The van der Waals surface area contributed by atoms with Crippen LogP contribution in [0.15, 0.2) is 83.9 Å². The molecule has 1 amide bonds. The highest BCUT2D eigenvalue weighted by Gasteiger charge is 2.26. The third-order valence-electron chi connectivity index (χ3n) is 5.47. The minimum Gasteiger partial charge on any atom is -0.399 e. The van der Waals surface area contributed by atoms with Crippen molar-refractivity contribution < 1.29 is 13.6 Å². The summed E-state index contributed by atoms with van der Waals surface area (Å²) >= 11 is 0. The number of hydrogen-bond acceptors (Lipinski definition) is 5. The number of nitrogens with two attached hydrogens (primary N) is 1. The number of halogens is 2. The van der Waals surface area contributed by atoms with Gasteiger partial charge in [-0.25, -0.2) is 8.78 Å². The van der Waals surface area contributed by atoms with Crippen LogP contribution in [-0.2, 0) is 5.92 Å².